The number of nitrogens with one attached hydrogen (secondary N) is 1. The first-order valence-electron chi connectivity index (χ1n) is 7.92. The second-order valence-corrected chi connectivity index (χ2v) is 5.75. The molecule has 0 fully saturated rings. The van der Waals surface area contributed by atoms with Crippen molar-refractivity contribution in [1.29, 1.82) is 0 Å². The Morgan fingerprint density at radius 3 is 2.46 bits per heavy atom. The molecule has 0 radical (unpaired) electrons. The Morgan fingerprint density at radius 1 is 1.12 bits per heavy atom. The normalized spacial score (nSPS) is 11.0. The number of aliphatic hydroxyl groups is 1. The van der Waals surface area contributed by atoms with Crippen molar-refractivity contribution in [1.82, 2.24) is 14.6 Å². The van der Waals surface area contributed by atoms with Crippen LogP contribution in [0.5, 0.6) is 5.75 Å². The second kappa shape index (κ2) is 6.49. The van der Waals surface area contributed by atoms with Gasteiger partial charge in [0.25, 0.3) is 0 Å². The van der Waals surface area contributed by atoms with Crippen molar-refractivity contribution in [2.24, 2.45) is 0 Å². The molecule has 3 rings (SSSR count). The van der Waals surface area contributed by atoms with Crippen molar-refractivity contribution in [3.8, 4) is 16.9 Å². The third kappa shape index (κ3) is 2.69. The van der Waals surface area contributed by atoms with Crippen LogP contribution in [0, 0.1) is 20.8 Å². The Balaban J connectivity index is 2.21. The lowest BCUT2D eigenvalue weighted by Crippen LogP contribution is -2.13. The smallest absolute Gasteiger partial charge is 0.165 e. The van der Waals surface area contributed by atoms with E-state index in [9.17, 15) is 0 Å². The van der Waals surface area contributed by atoms with Crippen molar-refractivity contribution in [3.05, 3.63) is 41.2 Å². The molecule has 0 aliphatic heterocycles. The third-order valence-electron chi connectivity index (χ3n) is 4.20. The van der Waals surface area contributed by atoms with Gasteiger partial charge in [0.1, 0.15) is 11.6 Å². The minimum Gasteiger partial charge on any atom is -0.497 e. The predicted molar refractivity (Wildman–Crippen MR) is 94.8 cm³/mol. The van der Waals surface area contributed by atoms with E-state index in [2.05, 4.69) is 10.4 Å². The first-order valence-corrected chi connectivity index (χ1v) is 7.92. The maximum Gasteiger partial charge on any atom is 0.165 e. The van der Waals surface area contributed by atoms with Crippen molar-refractivity contribution in [3.63, 3.8) is 0 Å². The van der Waals surface area contributed by atoms with Gasteiger partial charge < -0.3 is 15.2 Å². The Hall–Kier alpha value is -2.60. The number of hydrogen-bond acceptors (Lipinski definition) is 5. The van der Waals surface area contributed by atoms with Crippen LogP contribution >= 0.6 is 0 Å². The summed E-state index contributed by atoms with van der Waals surface area (Å²) in [6, 6.07) is 7.90. The minimum atomic E-state index is 0.0634. The number of fused-ring (bicyclic) bond motifs is 1. The molecule has 126 valence electrons. The fraction of sp³-hybridized carbons (Fsp3) is 0.333. The number of rotatable bonds is 5. The lowest BCUT2D eigenvalue weighted by Gasteiger charge is -2.12. The van der Waals surface area contributed by atoms with E-state index in [-0.39, 0.29) is 6.61 Å². The van der Waals surface area contributed by atoms with Crippen molar-refractivity contribution in [2.45, 2.75) is 20.8 Å². The topological polar surface area (TPSA) is 71.7 Å². The van der Waals surface area contributed by atoms with E-state index in [4.69, 9.17) is 14.8 Å². The standard InChI is InChI=1S/C18H22N4O2/c1-11-12(2)20-18-16(14-5-7-15(24-4)8-6-14)13(3)21-22(18)17(11)19-9-10-23/h5-8,19,23H,9-10H2,1-4H3. The fourth-order valence-electron chi connectivity index (χ4n) is 2.82. The number of ether oxygens (including phenoxy) is 1. The number of aliphatic hydroxyl groups excluding tert-OH is 1. The largest absolute Gasteiger partial charge is 0.497 e. The fourth-order valence-corrected chi connectivity index (χ4v) is 2.82. The lowest BCUT2D eigenvalue weighted by molar-refractivity contribution is 0.311. The number of hydrogen-bond donors (Lipinski definition) is 2. The highest BCUT2D eigenvalue weighted by Gasteiger charge is 2.18. The van der Waals surface area contributed by atoms with Crippen LogP contribution in [0.3, 0.4) is 0 Å². The molecule has 0 aliphatic carbocycles. The van der Waals surface area contributed by atoms with Gasteiger partial charge in [-0.05, 0) is 38.5 Å². The number of anilines is 1. The van der Waals surface area contributed by atoms with E-state index in [1.165, 1.54) is 0 Å². The summed E-state index contributed by atoms with van der Waals surface area (Å²) in [5.41, 5.74) is 5.74. The van der Waals surface area contributed by atoms with Gasteiger partial charge in [0, 0.05) is 23.4 Å². The molecule has 24 heavy (non-hydrogen) atoms. The average molecular weight is 326 g/mol. The van der Waals surface area contributed by atoms with Crippen LogP contribution < -0.4 is 10.1 Å². The van der Waals surface area contributed by atoms with Gasteiger partial charge in [-0.15, -0.1) is 0 Å². The number of aryl methyl sites for hydroxylation is 2. The highest BCUT2D eigenvalue weighted by molar-refractivity contribution is 5.81. The molecule has 0 aliphatic rings. The van der Waals surface area contributed by atoms with Crippen LogP contribution in [0.1, 0.15) is 17.0 Å². The Bertz CT molecular complexity index is 869. The number of nitrogens with zero attached hydrogens (tertiary/aromatic N) is 3. The zero-order valence-corrected chi connectivity index (χ0v) is 14.4. The molecule has 0 saturated carbocycles. The van der Waals surface area contributed by atoms with E-state index >= 15 is 0 Å². The molecule has 0 atom stereocenters. The van der Waals surface area contributed by atoms with Crippen molar-refractivity contribution < 1.29 is 9.84 Å². The molecule has 2 N–H and O–H groups in total. The van der Waals surface area contributed by atoms with Gasteiger partial charge in [0.2, 0.25) is 0 Å². The number of methoxy groups -OCH3 is 1. The summed E-state index contributed by atoms with van der Waals surface area (Å²) in [5.74, 6) is 1.69. The van der Waals surface area contributed by atoms with Crippen LogP contribution in [-0.4, -0.2) is 40.0 Å². The van der Waals surface area contributed by atoms with E-state index in [0.29, 0.717) is 6.54 Å². The molecule has 1 aromatic carbocycles. The van der Waals surface area contributed by atoms with Crippen LogP contribution in [0.4, 0.5) is 5.82 Å². The van der Waals surface area contributed by atoms with Gasteiger partial charge in [0.15, 0.2) is 5.65 Å². The van der Waals surface area contributed by atoms with Crippen molar-refractivity contribution >= 4 is 11.5 Å². The second-order valence-electron chi connectivity index (χ2n) is 5.75. The number of aromatic nitrogens is 3. The van der Waals surface area contributed by atoms with Crippen LogP contribution in [-0.2, 0) is 0 Å². The van der Waals surface area contributed by atoms with Gasteiger partial charge >= 0.3 is 0 Å². The summed E-state index contributed by atoms with van der Waals surface area (Å²) in [6.07, 6.45) is 0. The maximum atomic E-state index is 9.13. The quantitative estimate of drug-likeness (QED) is 0.754. The molecule has 6 heteroatoms. The van der Waals surface area contributed by atoms with Crippen LogP contribution in [0.2, 0.25) is 0 Å². The van der Waals surface area contributed by atoms with Gasteiger partial charge in [0.05, 0.1) is 19.4 Å². The van der Waals surface area contributed by atoms with Gasteiger partial charge in [-0.2, -0.15) is 9.61 Å². The molecular weight excluding hydrogens is 304 g/mol. The van der Waals surface area contributed by atoms with Crippen LogP contribution in [0.25, 0.3) is 16.8 Å². The Kier molecular flexibility index (Phi) is 4.40. The molecule has 0 unspecified atom stereocenters. The Morgan fingerprint density at radius 2 is 1.83 bits per heavy atom. The molecule has 0 amide bonds. The van der Waals surface area contributed by atoms with Gasteiger partial charge in [-0.1, -0.05) is 12.1 Å². The summed E-state index contributed by atoms with van der Waals surface area (Å²) in [4.78, 5) is 4.75. The van der Waals surface area contributed by atoms with E-state index < -0.39 is 0 Å². The molecule has 0 spiro atoms. The molecule has 2 aromatic heterocycles. The number of benzene rings is 1. The average Bonchev–Trinajstić information content (AvgIpc) is 2.91. The highest BCUT2D eigenvalue weighted by Crippen LogP contribution is 2.31. The molecule has 6 nitrogen and oxygen atoms in total. The summed E-state index contributed by atoms with van der Waals surface area (Å²) >= 11 is 0. The monoisotopic (exact) mass is 326 g/mol. The molecular formula is C18H22N4O2. The predicted octanol–water partition coefficient (Wildman–Crippen LogP) is 2.73. The first kappa shape index (κ1) is 16.3. The lowest BCUT2D eigenvalue weighted by atomic mass is 10.1. The Labute approximate surface area is 141 Å². The molecule has 0 saturated heterocycles. The van der Waals surface area contributed by atoms with Crippen molar-refractivity contribution in [2.75, 3.05) is 25.6 Å². The van der Waals surface area contributed by atoms with Gasteiger partial charge in [-0.3, -0.25) is 0 Å². The summed E-state index contributed by atoms with van der Waals surface area (Å²) in [6.45, 7) is 6.50. The SMILES string of the molecule is COc1ccc(-c2c(C)nn3c(NCCO)c(C)c(C)nc23)cc1. The highest BCUT2D eigenvalue weighted by atomic mass is 16.5. The van der Waals surface area contributed by atoms with E-state index in [0.717, 1.165) is 45.3 Å². The summed E-state index contributed by atoms with van der Waals surface area (Å²) in [7, 11) is 1.66. The minimum absolute atomic E-state index is 0.0634. The summed E-state index contributed by atoms with van der Waals surface area (Å²) in [5, 5.41) is 17.0. The molecule has 3 aromatic rings. The molecule has 0 bridgehead atoms. The summed E-state index contributed by atoms with van der Waals surface area (Å²) < 4.78 is 7.06. The van der Waals surface area contributed by atoms with Gasteiger partial charge in [-0.25, -0.2) is 4.98 Å². The zero-order valence-electron chi connectivity index (χ0n) is 14.4. The van der Waals surface area contributed by atoms with E-state index in [1.807, 2.05) is 49.6 Å². The van der Waals surface area contributed by atoms with Crippen LogP contribution in [0.15, 0.2) is 24.3 Å². The first-order chi connectivity index (χ1) is 11.6. The third-order valence-corrected chi connectivity index (χ3v) is 4.20. The molecule has 2 heterocycles. The van der Waals surface area contributed by atoms with E-state index in [1.54, 1.807) is 7.11 Å². The zero-order chi connectivity index (χ0) is 17.3. The maximum absolute atomic E-state index is 9.13.